The molecule has 0 aliphatic rings. The lowest BCUT2D eigenvalue weighted by Gasteiger charge is -2.09. The fourth-order valence-electron chi connectivity index (χ4n) is 1.29. The zero-order valence-electron chi connectivity index (χ0n) is 9.08. The minimum atomic E-state index is -0.628. The Labute approximate surface area is 103 Å². The summed E-state index contributed by atoms with van der Waals surface area (Å²) in [5.41, 5.74) is 6.76. The molecule has 0 saturated carbocycles. The van der Waals surface area contributed by atoms with E-state index in [1.807, 2.05) is 0 Å². The molecule has 2 N–H and O–H groups in total. The molecule has 88 valence electrons. The summed E-state index contributed by atoms with van der Waals surface area (Å²) in [6.45, 7) is 1.79. The van der Waals surface area contributed by atoms with Crippen LogP contribution in [-0.2, 0) is 0 Å². The minimum absolute atomic E-state index is 0.00213. The van der Waals surface area contributed by atoms with Crippen LogP contribution >= 0.6 is 11.6 Å². The van der Waals surface area contributed by atoms with E-state index in [1.165, 1.54) is 12.1 Å². The van der Waals surface area contributed by atoms with Crippen molar-refractivity contribution in [3.05, 3.63) is 46.9 Å². The standard InChI is InChI=1S/C12H10ClFN2O/c1-7-5-6-9(15)12(16-7)17-10-4-2-3-8(13)11(10)14/h2-6H,15H2,1H3. The summed E-state index contributed by atoms with van der Waals surface area (Å²) in [6, 6.07) is 7.89. The number of nitrogens with zero attached hydrogens (tertiary/aromatic N) is 1. The molecule has 17 heavy (non-hydrogen) atoms. The number of aromatic nitrogens is 1. The van der Waals surface area contributed by atoms with Crippen LogP contribution in [0.25, 0.3) is 0 Å². The Morgan fingerprint density at radius 3 is 2.82 bits per heavy atom. The van der Waals surface area contributed by atoms with E-state index in [1.54, 1.807) is 25.1 Å². The van der Waals surface area contributed by atoms with Crippen molar-refractivity contribution in [2.75, 3.05) is 5.73 Å². The van der Waals surface area contributed by atoms with Crippen LogP contribution in [0.2, 0.25) is 5.02 Å². The molecule has 0 aliphatic carbocycles. The fourth-order valence-corrected chi connectivity index (χ4v) is 1.46. The van der Waals surface area contributed by atoms with E-state index in [9.17, 15) is 4.39 Å². The van der Waals surface area contributed by atoms with Gasteiger partial charge in [0, 0.05) is 5.69 Å². The molecule has 0 saturated heterocycles. The van der Waals surface area contributed by atoms with Crippen LogP contribution in [0.1, 0.15) is 5.69 Å². The molecule has 2 aromatic rings. The van der Waals surface area contributed by atoms with Gasteiger partial charge in [0.05, 0.1) is 10.7 Å². The molecule has 1 aromatic heterocycles. The first-order valence-electron chi connectivity index (χ1n) is 4.93. The highest BCUT2D eigenvalue weighted by Gasteiger charge is 2.11. The summed E-state index contributed by atoms with van der Waals surface area (Å²) < 4.78 is 18.9. The number of rotatable bonds is 2. The highest BCUT2D eigenvalue weighted by atomic mass is 35.5. The van der Waals surface area contributed by atoms with Crippen LogP contribution in [0, 0.1) is 12.7 Å². The van der Waals surface area contributed by atoms with Crippen molar-refractivity contribution in [3.8, 4) is 11.6 Å². The Kier molecular flexibility index (Phi) is 3.15. The molecule has 1 aromatic carbocycles. The van der Waals surface area contributed by atoms with Crippen molar-refractivity contribution >= 4 is 17.3 Å². The normalized spacial score (nSPS) is 10.3. The summed E-state index contributed by atoms with van der Waals surface area (Å²) in [4.78, 5) is 4.08. The van der Waals surface area contributed by atoms with E-state index >= 15 is 0 Å². The number of ether oxygens (including phenoxy) is 1. The fraction of sp³-hybridized carbons (Fsp3) is 0.0833. The highest BCUT2D eigenvalue weighted by Crippen LogP contribution is 2.30. The Hall–Kier alpha value is -1.81. The predicted octanol–water partition coefficient (Wildman–Crippen LogP) is 3.56. The van der Waals surface area contributed by atoms with Crippen LogP contribution in [0.15, 0.2) is 30.3 Å². The number of anilines is 1. The molecule has 0 fully saturated rings. The molecule has 0 atom stereocenters. The number of nitrogens with two attached hydrogens (primary N) is 1. The van der Waals surface area contributed by atoms with Gasteiger partial charge in [-0.15, -0.1) is 0 Å². The third kappa shape index (κ3) is 2.47. The lowest BCUT2D eigenvalue weighted by atomic mass is 10.3. The van der Waals surface area contributed by atoms with Gasteiger partial charge in [0.1, 0.15) is 0 Å². The average molecular weight is 253 g/mol. The van der Waals surface area contributed by atoms with E-state index in [4.69, 9.17) is 22.1 Å². The monoisotopic (exact) mass is 252 g/mol. The van der Waals surface area contributed by atoms with Gasteiger partial charge in [-0.25, -0.2) is 9.37 Å². The van der Waals surface area contributed by atoms with Crippen molar-refractivity contribution in [1.82, 2.24) is 4.98 Å². The second-order valence-corrected chi connectivity index (χ2v) is 3.91. The van der Waals surface area contributed by atoms with Crippen LogP contribution in [0.3, 0.4) is 0 Å². The second-order valence-electron chi connectivity index (χ2n) is 3.50. The van der Waals surface area contributed by atoms with Crippen molar-refractivity contribution in [3.63, 3.8) is 0 Å². The first-order valence-corrected chi connectivity index (χ1v) is 5.30. The highest BCUT2D eigenvalue weighted by molar-refractivity contribution is 6.30. The van der Waals surface area contributed by atoms with Gasteiger partial charge in [-0.3, -0.25) is 0 Å². The number of benzene rings is 1. The molecule has 0 aliphatic heterocycles. The molecule has 1 heterocycles. The van der Waals surface area contributed by atoms with Gasteiger partial charge in [-0.2, -0.15) is 0 Å². The molecular formula is C12H10ClFN2O. The maximum atomic E-state index is 13.6. The topological polar surface area (TPSA) is 48.1 Å². The zero-order valence-corrected chi connectivity index (χ0v) is 9.83. The third-order valence-corrected chi connectivity index (χ3v) is 2.44. The molecule has 5 heteroatoms. The van der Waals surface area contributed by atoms with Crippen LogP contribution in [-0.4, -0.2) is 4.98 Å². The summed E-state index contributed by atoms with van der Waals surface area (Å²) in [5, 5.41) is -0.00581. The van der Waals surface area contributed by atoms with Crippen molar-refractivity contribution in [1.29, 1.82) is 0 Å². The smallest absolute Gasteiger partial charge is 0.243 e. The lowest BCUT2D eigenvalue weighted by molar-refractivity contribution is 0.429. The molecule has 3 nitrogen and oxygen atoms in total. The predicted molar refractivity (Wildman–Crippen MR) is 64.9 cm³/mol. The molecule has 0 bridgehead atoms. The van der Waals surface area contributed by atoms with Gasteiger partial charge in [-0.1, -0.05) is 17.7 Å². The number of nitrogen functional groups attached to an aromatic ring is 1. The van der Waals surface area contributed by atoms with E-state index in [0.717, 1.165) is 5.69 Å². The number of halogens is 2. The lowest BCUT2D eigenvalue weighted by Crippen LogP contribution is -1.97. The van der Waals surface area contributed by atoms with Gasteiger partial charge >= 0.3 is 0 Å². The molecule has 0 radical (unpaired) electrons. The van der Waals surface area contributed by atoms with Gasteiger partial charge in [0.15, 0.2) is 11.6 Å². The van der Waals surface area contributed by atoms with Gasteiger partial charge in [0.25, 0.3) is 0 Å². The molecular weight excluding hydrogens is 243 g/mol. The SMILES string of the molecule is Cc1ccc(N)c(Oc2cccc(Cl)c2F)n1. The Balaban J connectivity index is 2.38. The van der Waals surface area contributed by atoms with Crippen molar-refractivity contribution in [2.24, 2.45) is 0 Å². The van der Waals surface area contributed by atoms with E-state index < -0.39 is 5.82 Å². The number of pyridine rings is 1. The summed E-state index contributed by atoms with van der Waals surface area (Å²) >= 11 is 5.64. The summed E-state index contributed by atoms with van der Waals surface area (Å²) in [5.74, 6) is -0.453. The number of aryl methyl sites for hydroxylation is 1. The molecule has 2 rings (SSSR count). The maximum Gasteiger partial charge on any atom is 0.243 e. The summed E-state index contributed by atoms with van der Waals surface area (Å²) in [6.07, 6.45) is 0. The van der Waals surface area contributed by atoms with Gasteiger partial charge in [0.2, 0.25) is 5.88 Å². The Bertz CT molecular complexity index is 560. The average Bonchev–Trinajstić information content (AvgIpc) is 2.30. The number of hydrogen-bond donors (Lipinski definition) is 1. The molecule has 0 unspecified atom stereocenters. The van der Waals surface area contributed by atoms with E-state index in [0.29, 0.717) is 5.69 Å². The first-order chi connectivity index (χ1) is 8.08. The van der Waals surface area contributed by atoms with Crippen LogP contribution < -0.4 is 10.5 Å². The quantitative estimate of drug-likeness (QED) is 0.889. The minimum Gasteiger partial charge on any atom is -0.434 e. The Morgan fingerprint density at radius 1 is 1.29 bits per heavy atom. The third-order valence-electron chi connectivity index (χ3n) is 2.15. The van der Waals surface area contributed by atoms with Crippen molar-refractivity contribution in [2.45, 2.75) is 6.92 Å². The van der Waals surface area contributed by atoms with Crippen molar-refractivity contribution < 1.29 is 9.13 Å². The van der Waals surface area contributed by atoms with E-state index in [2.05, 4.69) is 4.98 Å². The zero-order chi connectivity index (χ0) is 12.4. The van der Waals surface area contributed by atoms with E-state index in [-0.39, 0.29) is 16.7 Å². The largest absolute Gasteiger partial charge is 0.434 e. The van der Waals surface area contributed by atoms with Crippen LogP contribution in [0.5, 0.6) is 11.6 Å². The van der Waals surface area contributed by atoms with Gasteiger partial charge in [-0.05, 0) is 31.2 Å². The second kappa shape index (κ2) is 4.59. The molecule has 0 spiro atoms. The number of hydrogen-bond acceptors (Lipinski definition) is 3. The molecule has 0 amide bonds. The van der Waals surface area contributed by atoms with Gasteiger partial charge < -0.3 is 10.5 Å². The first kappa shape index (κ1) is 11.7. The maximum absolute atomic E-state index is 13.6. The van der Waals surface area contributed by atoms with Crippen LogP contribution in [0.4, 0.5) is 10.1 Å². The summed E-state index contributed by atoms with van der Waals surface area (Å²) in [7, 11) is 0. The Morgan fingerprint density at radius 2 is 2.06 bits per heavy atom.